The lowest BCUT2D eigenvalue weighted by molar-refractivity contribution is -0.129. The summed E-state index contributed by atoms with van der Waals surface area (Å²) in [6.07, 6.45) is 6.63. The lowest BCUT2D eigenvalue weighted by atomic mass is 9.74. The third kappa shape index (κ3) is 3.10. The average Bonchev–Trinajstić information content (AvgIpc) is 2.69. The van der Waals surface area contributed by atoms with Crippen molar-refractivity contribution in [3.8, 4) is 0 Å². The summed E-state index contributed by atoms with van der Waals surface area (Å²) in [4.78, 5) is 12.4. The Balaban J connectivity index is 1.58. The van der Waals surface area contributed by atoms with Gasteiger partial charge < -0.3 is 24.1 Å². The molecule has 1 unspecified atom stereocenters. The van der Waals surface area contributed by atoms with Crippen LogP contribution in [0.25, 0.3) is 0 Å². The van der Waals surface area contributed by atoms with E-state index in [9.17, 15) is 4.79 Å². The summed E-state index contributed by atoms with van der Waals surface area (Å²) >= 11 is 0. The van der Waals surface area contributed by atoms with Crippen LogP contribution < -0.4 is 5.32 Å². The standard InChI is InChI=1S/C19H28BNO5/c1-17(2)18(3,4)26-20(25-17)13-5-6-14-15(11-13)24-19(12-16(22)21-14)7-9-23-10-8-19/h5,11,14H,6-10,12H2,1-4H3,(H,21,22). The molecule has 26 heavy (non-hydrogen) atoms. The van der Waals surface area contributed by atoms with Gasteiger partial charge in [0.25, 0.3) is 0 Å². The summed E-state index contributed by atoms with van der Waals surface area (Å²) in [5.41, 5.74) is -0.252. The monoisotopic (exact) mass is 361 g/mol. The maximum absolute atomic E-state index is 12.4. The molecule has 3 heterocycles. The Morgan fingerprint density at radius 2 is 1.77 bits per heavy atom. The van der Waals surface area contributed by atoms with Crippen molar-refractivity contribution in [3.63, 3.8) is 0 Å². The molecule has 0 aromatic rings. The number of amides is 1. The zero-order chi connectivity index (χ0) is 18.6. The molecule has 0 aromatic carbocycles. The van der Waals surface area contributed by atoms with E-state index in [1.165, 1.54) is 0 Å². The van der Waals surface area contributed by atoms with Crippen LogP contribution in [-0.2, 0) is 23.6 Å². The van der Waals surface area contributed by atoms with E-state index >= 15 is 0 Å². The molecule has 4 rings (SSSR count). The molecule has 6 nitrogen and oxygen atoms in total. The van der Waals surface area contributed by atoms with Crippen molar-refractivity contribution < 1.29 is 23.6 Å². The van der Waals surface area contributed by atoms with Gasteiger partial charge in [-0.05, 0) is 45.7 Å². The fraction of sp³-hybridized carbons (Fsp3) is 0.737. The van der Waals surface area contributed by atoms with Crippen LogP contribution in [0.1, 0.15) is 53.4 Å². The van der Waals surface area contributed by atoms with Gasteiger partial charge in [-0.3, -0.25) is 4.79 Å². The molecule has 1 spiro atoms. The third-order valence-electron chi connectivity index (χ3n) is 6.32. The molecule has 3 fully saturated rings. The first-order chi connectivity index (χ1) is 12.2. The van der Waals surface area contributed by atoms with Crippen molar-refractivity contribution in [3.05, 3.63) is 23.4 Å². The van der Waals surface area contributed by atoms with E-state index in [1.807, 2.05) is 33.8 Å². The van der Waals surface area contributed by atoms with Gasteiger partial charge in [-0.15, -0.1) is 0 Å². The Morgan fingerprint density at radius 1 is 1.12 bits per heavy atom. The van der Waals surface area contributed by atoms with Crippen LogP contribution in [0.15, 0.2) is 23.4 Å². The topological polar surface area (TPSA) is 66.0 Å². The van der Waals surface area contributed by atoms with Gasteiger partial charge in [0, 0.05) is 12.8 Å². The SMILES string of the molecule is CC1(C)OB(C2=CCC3NC(=O)CC4(CCOCC4)OC3=C2)OC1(C)C. The molecule has 7 heteroatoms. The lowest BCUT2D eigenvalue weighted by Crippen LogP contribution is -2.41. The number of nitrogens with one attached hydrogen (secondary N) is 1. The molecule has 0 aromatic heterocycles. The van der Waals surface area contributed by atoms with Gasteiger partial charge in [0.05, 0.1) is 36.9 Å². The average molecular weight is 361 g/mol. The predicted molar refractivity (Wildman–Crippen MR) is 97.3 cm³/mol. The van der Waals surface area contributed by atoms with Crippen LogP contribution in [0.5, 0.6) is 0 Å². The maximum atomic E-state index is 12.4. The zero-order valence-corrected chi connectivity index (χ0v) is 16.1. The lowest BCUT2D eigenvalue weighted by Gasteiger charge is -2.37. The number of fused-ring (bicyclic) bond motifs is 1. The fourth-order valence-corrected chi connectivity index (χ4v) is 3.91. The molecule has 0 bridgehead atoms. The van der Waals surface area contributed by atoms with Gasteiger partial charge >= 0.3 is 7.12 Å². The first-order valence-corrected chi connectivity index (χ1v) is 9.53. The largest absolute Gasteiger partial charge is 0.494 e. The van der Waals surface area contributed by atoms with Crippen LogP contribution in [0.4, 0.5) is 0 Å². The number of carbonyl (C=O) groups excluding carboxylic acids is 1. The third-order valence-corrected chi connectivity index (χ3v) is 6.32. The fourth-order valence-electron chi connectivity index (χ4n) is 3.91. The molecule has 1 amide bonds. The van der Waals surface area contributed by atoms with Crippen molar-refractivity contribution >= 4 is 13.0 Å². The normalized spacial score (nSPS) is 32.1. The number of ether oxygens (including phenoxy) is 2. The highest BCUT2D eigenvalue weighted by molar-refractivity contribution is 6.55. The van der Waals surface area contributed by atoms with Gasteiger partial charge in [0.2, 0.25) is 5.91 Å². The first kappa shape index (κ1) is 18.1. The molecule has 0 saturated carbocycles. The molecule has 3 aliphatic heterocycles. The van der Waals surface area contributed by atoms with Gasteiger partial charge in [-0.1, -0.05) is 6.08 Å². The van der Waals surface area contributed by atoms with E-state index in [2.05, 4.69) is 11.4 Å². The Bertz CT molecular complexity index is 647. The molecule has 1 aliphatic carbocycles. The number of rotatable bonds is 1. The number of hydrogen-bond donors (Lipinski definition) is 1. The second-order valence-corrected chi connectivity index (χ2v) is 8.77. The predicted octanol–water partition coefficient (Wildman–Crippen LogP) is 2.29. The molecule has 142 valence electrons. The van der Waals surface area contributed by atoms with Crippen molar-refractivity contribution in [2.45, 2.75) is 76.2 Å². The summed E-state index contributed by atoms with van der Waals surface area (Å²) in [6, 6.07) is -0.115. The Hall–Kier alpha value is -1.31. The van der Waals surface area contributed by atoms with Crippen molar-refractivity contribution in [2.75, 3.05) is 13.2 Å². The van der Waals surface area contributed by atoms with Crippen LogP contribution >= 0.6 is 0 Å². The van der Waals surface area contributed by atoms with Crippen molar-refractivity contribution in [1.82, 2.24) is 5.32 Å². The summed E-state index contributed by atoms with van der Waals surface area (Å²) < 4.78 is 24.3. The van der Waals surface area contributed by atoms with E-state index in [4.69, 9.17) is 18.8 Å². The molecular weight excluding hydrogens is 333 g/mol. The van der Waals surface area contributed by atoms with Crippen LogP contribution in [0.3, 0.4) is 0 Å². The Kier molecular flexibility index (Phi) is 4.25. The Labute approximate surface area is 155 Å². The number of carbonyl (C=O) groups is 1. The van der Waals surface area contributed by atoms with E-state index in [-0.39, 0.29) is 23.2 Å². The molecule has 1 N–H and O–H groups in total. The summed E-state index contributed by atoms with van der Waals surface area (Å²) in [6.45, 7) is 9.45. The zero-order valence-electron chi connectivity index (χ0n) is 16.1. The minimum absolute atomic E-state index is 0.0489. The number of allylic oxidation sites excluding steroid dienone is 2. The molecular formula is C19H28BNO5. The highest BCUT2D eigenvalue weighted by atomic mass is 16.7. The van der Waals surface area contributed by atoms with Crippen LogP contribution in [0.2, 0.25) is 0 Å². The summed E-state index contributed by atoms with van der Waals surface area (Å²) in [5.74, 6) is 0.859. The van der Waals surface area contributed by atoms with E-state index in [0.29, 0.717) is 26.1 Å². The highest BCUT2D eigenvalue weighted by Gasteiger charge is 2.53. The van der Waals surface area contributed by atoms with Crippen LogP contribution in [0, 0.1) is 0 Å². The van der Waals surface area contributed by atoms with Gasteiger partial charge in [0.15, 0.2) is 0 Å². The second kappa shape index (κ2) is 6.11. The minimum atomic E-state index is -0.457. The summed E-state index contributed by atoms with van der Waals surface area (Å²) in [7, 11) is -0.415. The quantitative estimate of drug-likeness (QED) is 0.726. The highest BCUT2D eigenvalue weighted by Crippen LogP contribution is 2.41. The first-order valence-electron chi connectivity index (χ1n) is 9.53. The van der Waals surface area contributed by atoms with Crippen LogP contribution in [-0.4, -0.2) is 49.1 Å². The Morgan fingerprint density at radius 3 is 2.42 bits per heavy atom. The maximum Gasteiger partial charge on any atom is 0.494 e. The van der Waals surface area contributed by atoms with Gasteiger partial charge in [-0.25, -0.2) is 0 Å². The van der Waals surface area contributed by atoms with Gasteiger partial charge in [-0.2, -0.15) is 0 Å². The van der Waals surface area contributed by atoms with E-state index in [0.717, 1.165) is 24.1 Å². The number of hydrogen-bond acceptors (Lipinski definition) is 5. The molecule has 0 radical (unpaired) electrons. The molecule has 1 atom stereocenters. The summed E-state index contributed by atoms with van der Waals surface area (Å²) in [5, 5.41) is 3.10. The van der Waals surface area contributed by atoms with E-state index in [1.54, 1.807) is 0 Å². The smallest absolute Gasteiger partial charge is 0.489 e. The van der Waals surface area contributed by atoms with Crippen molar-refractivity contribution in [1.29, 1.82) is 0 Å². The molecule has 4 aliphatic rings. The van der Waals surface area contributed by atoms with Crippen molar-refractivity contribution in [2.24, 2.45) is 0 Å². The second-order valence-electron chi connectivity index (χ2n) is 8.77. The van der Waals surface area contributed by atoms with Gasteiger partial charge in [0.1, 0.15) is 11.4 Å². The molecule has 3 saturated heterocycles. The van der Waals surface area contributed by atoms with E-state index < -0.39 is 12.7 Å². The minimum Gasteiger partial charge on any atom is -0.489 e.